The molecule has 0 fully saturated rings. The number of halogens is 1. The summed E-state index contributed by atoms with van der Waals surface area (Å²) < 4.78 is 0.729. The fraction of sp³-hybridized carbons (Fsp3) is 0.188. The third-order valence-corrected chi connectivity index (χ3v) is 4.88. The van der Waals surface area contributed by atoms with E-state index in [1.165, 1.54) is 16.9 Å². The molecule has 0 unspecified atom stereocenters. The van der Waals surface area contributed by atoms with Crippen LogP contribution in [0.15, 0.2) is 48.5 Å². The van der Waals surface area contributed by atoms with Gasteiger partial charge in [0.1, 0.15) is 0 Å². The van der Waals surface area contributed by atoms with Crippen LogP contribution in [0.1, 0.15) is 10.4 Å². The smallest absolute Gasteiger partial charge is 0.244 e. The highest BCUT2D eigenvalue weighted by Crippen LogP contribution is 2.22. The highest BCUT2D eigenvalue weighted by Gasteiger charge is 1.97. The molecule has 0 bridgehead atoms. The molecule has 1 aromatic carbocycles. The van der Waals surface area contributed by atoms with Gasteiger partial charge in [-0.1, -0.05) is 41.9 Å². The summed E-state index contributed by atoms with van der Waals surface area (Å²) in [6.45, 7) is 0.672. The van der Waals surface area contributed by atoms with Gasteiger partial charge >= 0.3 is 0 Å². The Morgan fingerprint density at radius 1 is 1.24 bits per heavy atom. The highest BCUT2D eigenvalue weighted by atomic mass is 35.5. The molecule has 0 saturated carbocycles. The summed E-state index contributed by atoms with van der Waals surface area (Å²) in [5.41, 5.74) is 1.31. The first kappa shape index (κ1) is 16.1. The summed E-state index contributed by atoms with van der Waals surface area (Å²) in [6, 6.07) is 14.0. The molecule has 0 aliphatic carbocycles. The number of carbonyl (C=O) groups excluding carboxylic acids is 1. The first-order valence-electron chi connectivity index (χ1n) is 6.57. The van der Waals surface area contributed by atoms with E-state index < -0.39 is 0 Å². The summed E-state index contributed by atoms with van der Waals surface area (Å²) in [6.07, 6.45) is 3.33. The first-order chi connectivity index (χ1) is 10.2. The lowest BCUT2D eigenvalue weighted by Crippen LogP contribution is -2.23. The molecule has 21 heavy (non-hydrogen) atoms. The summed E-state index contributed by atoms with van der Waals surface area (Å²) in [5.74, 6) is 1.80. The Bertz CT molecular complexity index is 595. The van der Waals surface area contributed by atoms with E-state index >= 15 is 0 Å². The fourth-order valence-corrected chi connectivity index (χ4v) is 3.43. The van der Waals surface area contributed by atoms with Crippen molar-refractivity contribution in [2.45, 2.75) is 5.75 Å². The van der Waals surface area contributed by atoms with Crippen LogP contribution in [-0.4, -0.2) is 18.2 Å². The molecule has 0 aliphatic heterocycles. The first-order valence-corrected chi connectivity index (χ1v) is 8.92. The van der Waals surface area contributed by atoms with Gasteiger partial charge in [0.25, 0.3) is 0 Å². The second-order valence-corrected chi connectivity index (χ2v) is 7.16. The molecular formula is C16H16ClNOS2. The molecule has 0 aliphatic rings. The normalized spacial score (nSPS) is 10.9. The predicted octanol–water partition coefficient (Wildman–Crippen LogP) is 4.46. The van der Waals surface area contributed by atoms with Crippen LogP contribution in [0.2, 0.25) is 4.34 Å². The number of nitrogens with one attached hydrogen (secondary N) is 1. The Morgan fingerprint density at radius 3 is 2.76 bits per heavy atom. The van der Waals surface area contributed by atoms with Crippen LogP contribution in [0.3, 0.4) is 0 Å². The maximum absolute atomic E-state index is 11.6. The number of thioether (sulfide) groups is 1. The number of benzene rings is 1. The van der Waals surface area contributed by atoms with Gasteiger partial charge in [0, 0.05) is 29.0 Å². The monoisotopic (exact) mass is 337 g/mol. The van der Waals surface area contributed by atoms with Gasteiger partial charge in [-0.3, -0.25) is 4.79 Å². The number of hydrogen-bond acceptors (Lipinski definition) is 3. The number of rotatable bonds is 7. The number of hydrogen-bond donors (Lipinski definition) is 1. The molecule has 110 valence electrons. The van der Waals surface area contributed by atoms with E-state index in [-0.39, 0.29) is 5.91 Å². The number of thiophene rings is 1. The minimum Gasteiger partial charge on any atom is -0.352 e. The van der Waals surface area contributed by atoms with E-state index in [4.69, 9.17) is 11.6 Å². The maximum atomic E-state index is 11.6. The van der Waals surface area contributed by atoms with Gasteiger partial charge in [-0.15, -0.1) is 11.3 Å². The van der Waals surface area contributed by atoms with Crippen LogP contribution in [0.4, 0.5) is 0 Å². The maximum Gasteiger partial charge on any atom is 0.244 e. The zero-order valence-electron chi connectivity index (χ0n) is 11.4. The lowest BCUT2D eigenvalue weighted by molar-refractivity contribution is -0.116. The molecule has 2 rings (SSSR count). The highest BCUT2D eigenvalue weighted by molar-refractivity contribution is 7.98. The molecular weight excluding hydrogens is 322 g/mol. The molecule has 1 aromatic heterocycles. The second-order valence-electron chi connectivity index (χ2n) is 4.30. The Balaban J connectivity index is 1.60. The zero-order valence-corrected chi connectivity index (χ0v) is 13.8. The molecule has 1 N–H and O–H groups in total. The average molecular weight is 338 g/mol. The van der Waals surface area contributed by atoms with Crippen molar-refractivity contribution in [3.05, 3.63) is 63.3 Å². The molecule has 1 heterocycles. The van der Waals surface area contributed by atoms with Gasteiger partial charge in [-0.2, -0.15) is 11.8 Å². The van der Waals surface area contributed by atoms with E-state index in [1.807, 2.05) is 42.1 Å². The van der Waals surface area contributed by atoms with Gasteiger partial charge in [-0.05, 0) is 23.8 Å². The minimum absolute atomic E-state index is 0.0696. The lowest BCUT2D eigenvalue weighted by Gasteiger charge is -2.03. The van der Waals surface area contributed by atoms with Crippen molar-refractivity contribution in [2.75, 3.05) is 12.3 Å². The van der Waals surface area contributed by atoms with Gasteiger partial charge in [-0.25, -0.2) is 0 Å². The topological polar surface area (TPSA) is 29.1 Å². The predicted molar refractivity (Wildman–Crippen MR) is 94.0 cm³/mol. The van der Waals surface area contributed by atoms with Crippen LogP contribution in [0.5, 0.6) is 0 Å². The van der Waals surface area contributed by atoms with E-state index in [1.54, 1.807) is 12.2 Å². The number of amides is 1. The van der Waals surface area contributed by atoms with Gasteiger partial charge in [0.15, 0.2) is 0 Å². The van der Waals surface area contributed by atoms with Crippen LogP contribution in [-0.2, 0) is 10.5 Å². The molecule has 1 amide bonds. The third kappa shape index (κ3) is 6.38. The zero-order chi connectivity index (χ0) is 14.9. The molecule has 2 nitrogen and oxygen atoms in total. The standard InChI is InChI=1S/C16H16ClNOS2/c17-15-8-6-14(21-15)7-9-16(19)18-10-11-20-12-13-4-2-1-3-5-13/h1-9H,10-12H2,(H,18,19)/b9-7+. The molecule has 5 heteroatoms. The van der Waals surface area contributed by atoms with Crippen molar-refractivity contribution < 1.29 is 4.79 Å². The second kappa shape index (κ2) is 8.93. The van der Waals surface area contributed by atoms with Crippen LogP contribution in [0, 0.1) is 0 Å². The molecule has 0 spiro atoms. The third-order valence-electron chi connectivity index (χ3n) is 2.65. The number of carbonyl (C=O) groups is 1. The molecule has 0 saturated heterocycles. The lowest BCUT2D eigenvalue weighted by atomic mass is 10.2. The van der Waals surface area contributed by atoms with E-state index in [9.17, 15) is 4.79 Å². The Labute approximate surface area is 138 Å². The summed E-state index contributed by atoms with van der Waals surface area (Å²) in [4.78, 5) is 12.6. The van der Waals surface area contributed by atoms with Crippen molar-refractivity contribution in [1.29, 1.82) is 0 Å². The Morgan fingerprint density at radius 2 is 2.05 bits per heavy atom. The fourth-order valence-electron chi connectivity index (χ4n) is 1.65. The summed E-state index contributed by atoms with van der Waals surface area (Å²) >= 11 is 9.09. The Kier molecular flexibility index (Phi) is 6.86. The van der Waals surface area contributed by atoms with Crippen LogP contribution in [0.25, 0.3) is 6.08 Å². The van der Waals surface area contributed by atoms with E-state index in [0.29, 0.717) is 6.54 Å². The van der Waals surface area contributed by atoms with Crippen molar-refractivity contribution in [3.63, 3.8) is 0 Å². The average Bonchev–Trinajstić information content (AvgIpc) is 2.91. The van der Waals surface area contributed by atoms with Crippen molar-refractivity contribution in [3.8, 4) is 0 Å². The van der Waals surface area contributed by atoms with Crippen molar-refractivity contribution >= 4 is 46.7 Å². The van der Waals surface area contributed by atoms with Crippen molar-refractivity contribution in [2.24, 2.45) is 0 Å². The van der Waals surface area contributed by atoms with Crippen LogP contribution < -0.4 is 5.32 Å². The van der Waals surface area contributed by atoms with Gasteiger partial charge < -0.3 is 5.32 Å². The molecule has 0 radical (unpaired) electrons. The quantitative estimate of drug-likeness (QED) is 0.596. The van der Waals surface area contributed by atoms with Crippen molar-refractivity contribution in [1.82, 2.24) is 5.32 Å². The molecule has 2 aromatic rings. The van der Waals surface area contributed by atoms with Gasteiger partial charge in [0.05, 0.1) is 4.34 Å². The van der Waals surface area contributed by atoms with E-state index in [0.717, 1.165) is 20.7 Å². The van der Waals surface area contributed by atoms with Gasteiger partial charge in [0.2, 0.25) is 5.91 Å². The minimum atomic E-state index is -0.0696. The van der Waals surface area contributed by atoms with Crippen LogP contribution >= 0.6 is 34.7 Å². The Hall–Kier alpha value is -1.23. The molecule has 0 atom stereocenters. The summed E-state index contributed by atoms with van der Waals surface area (Å²) in [5, 5.41) is 2.87. The largest absolute Gasteiger partial charge is 0.352 e. The SMILES string of the molecule is O=C(/C=C/c1ccc(Cl)s1)NCCSCc1ccccc1. The van der Waals surface area contributed by atoms with E-state index in [2.05, 4.69) is 17.4 Å². The summed E-state index contributed by atoms with van der Waals surface area (Å²) in [7, 11) is 0.